The Morgan fingerprint density at radius 1 is 1.24 bits per heavy atom. The molecule has 0 saturated carbocycles. The monoisotopic (exact) mass is 294 g/mol. The number of non-ortho nitro benzene ring substituents is 1. The third-order valence-corrected chi connectivity index (χ3v) is 2.83. The van der Waals surface area contributed by atoms with Crippen LogP contribution in [0, 0.1) is 21.7 Å². The van der Waals surface area contributed by atoms with Crippen molar-refractivity contribution in [3.05, 3.63) is 63.7 Å². The zero-order chi connectivity index (χ0) is 15.6. The van der Waals surface area contributed by atoms with Gasteiger partial charge in [-0.1, -0.05) is 12.1 Å². The van der Waals surface area contributed by atoms with Crippen molar-refractivity contribution < 1.29 is 18.4 Å². The van der Waals surface area contributed by atoms with Crippen LogP contribution in [0.15, 0.2) is 36.4 Å². The molecule has 0 bridgehead atoms. The van der Waals surface area contributed by atoms with E-state index >= 15 is 0 Å². The van der Waals surface area contributed by atoms with Crippen LogP contribution in [0.3, 0.4) is 0 Å². The first-order valence-corrected chi connectivity index (χ1v) is 6.06. The van der Waals surface area contributed by atoms with Gasteiger partial charge in [-0.15, -0.1) is 0 Å². The fourth-order valence-electron chi connectivity index (χ4n) is 1.79. The molecule has 0 spiro atoms. The molecule has 0 radical (unpaired) electrons. The van der Waals surface area contributed by atoms with Crippen LogP contribution in [0.4, 0.5) is 14.5 Å². The van der Waals surface area contributed by atoms with Crippen LogP contribution in [0.5, 0.6) is 11.5 Å². The Bertz CT molecular complexity index is 690. The molecule has 0 aliphatic rings. The number of nitrogens with zero attached hydrogens (tertiary/aromatic N) is 1. The van der Waals surface area contributed by atoms with Crippen LogP contribution in [-0.4, -0.2) is 4.92 Å². The Hall–Kier alpha value is -2.54. The normalized spacial score (nSPS) is 12.0. The van der Waals surface area contributed by atoms with Gasteiger partial charge in [-0.2, -0.15) is 0 Å². The molecule has 7 heteroatoms. The van der Waals surface area contributed by atoms with Crippen molar-refractivity contribution >= 4 is 5.69 Å². The average molecular weight is 294 g/mol. The summed E-state index contributed by atoms with van der Waals surface area (Å²) in [6, 6.07) is 6.53. The first kappa shape index (κ1) is 14.9. The van der Waals surface area contributed by atoms with Gasteiger partial charge in [-0.3, -0.25) is 10.1 Å². The first-order chi connectivity index (χ1) is 9.90. The Morgan fingerprint density at radius 3 is 2.52 bits per heavy atom. The van der Waals surface area contributed by atoms with Crippen LogP contribution >= 0.6 is 0 Å². The molecule has 0 heterocycles. The summed E-state index contributed by atoms with van der Waals surface area (Å²) in [4.78, 5) is 9.81. The van der Waals surface area contributed by atoms with Gasteiger partial charge in [0.15, 0.2) is 23.1 Å². The number of halogens is 2. The minimum Gasteiger partial charge on any atom is -0.451 e. The molecule has 0 saturated heterocycles. The lowest BCUT2D eigenvalue weighted by Crippen LogP contribution is -2.08. The second-order valence-corrected chi connectivity index (χ2v) is 4.42. The van der Waals surface area contributed by atoms with E-state index in [4.69, 9.17) is 10.5 Å². The lowest BCUT2D eigenvalue weighted by molar-refractivity contribution is -0.385. The van der Waals surface area contributed by atoms with Crippen molar-refractivity contribution in [1.82, 2.24) is 0 Å². The van der Waals surface area contributed by atoms with Gasteiger partial charge in [0.2, 0.25) is 0 Å². The highest BCUT2D eigenvalue weighted by molar-refractivity contribution is 5.43. The highest BCUT2D eigenvalue weighted by Gasteiger charge is 2.17. The molecule has 1 atom stereocenters. The van der Waals surface area contributed by atoms with Crippen molar-refractivity contribution in [3.8, 4) is 11.5 Å². The van der Waals surface area contributed by atoms with Gasteiger partial charge in [0.05, 0.1) is 11.0 Å². The predicted octanol–water partition coefficient (Wildman–Crippen LogP) is 3.69. The Morgan fingerprint density at radius 2 is 1.95 bits per heavy atom. The van der Waals surface area contributed by atoms with Crippen molar-refractivity contribution in [2.75, 3.05) is 0 Å². The number of nitrogens with two attached hydrogens (primary N) is 1. The summed E-state index contributed by atoms with van der Waals surface area (Å²) in [5.41, 5.74) is 5.66. The number of ether oxygens (including phenoxy) is 1. The van der Waals surface area contributed by atoms with Crippen molar-refractivity contribution in [3.63, 3.8) is 0 Å². The van der Waals surface area contributed by atoms with E-state index in [-0.39, 0.29) is 11.5 Å². The zero-order valence-corrected chi connectivity index (χ0v) is 11.0. The van der Waals surface area contributed by atoms with Crippen LogP contribution in [-0.2, 0) is 0 Å². The summed E-state index contributed by atoms with van der Waals surface area (Å²) in [5.74, 6) is -2.15. The SMILES string of the molecule is CC(N)c1cccc(F)c1Oc1ccc([N+](=O)[O-])cc1F. The average Bonchev–Trinajstić information content (AvgIpc) is 2.42. The molecular formula is C14H12F2N2O3. The highest BCUT2D eigenvalue weighted by Crippen LogP contribution is 2.33. The summed E-state index contributed by atoms with van der Waals surface area (Å²) in [6.07, 6.45) is 0. The molecule has 1 unspecified atom stereocenters. The smallest absolute Gasteiger partial charge is 0.272 e. The molecule has 5 nitrogen and oxygen atoms in total. The van der Waals surface area contributed by atoms with Crippen LogP contribution in [0.25, 0.3) is 0 Å². The molecule has 2 N–H and O–H groups in total. The van der Waals surface area contributed by atoms with Gasteiger partial charge in [0.25, 0.3) is 5.69 Å². The maximum absolute atomic E-state index is 13.8. The van der Waals surface area contributed by atoms with Gasteiger partial charge in [-0.05, 0) is 19.1 Å². The molecule has 2 aromatic rings. The summed E-state index contributed by atoms with van der Waals surface area (Å²) < 4.78 is 32.8. The quantitative estimate of drug-likeness (QED) is 0.689. The molecule has 2 aromatic carbocycles. The Kier molecular flexibility index (Phi) is 4.13. The topological polar surface area (TPSA) is 78.4 Å². The van der Waals surface area contributed by atoms with Gasteiger partial charge in [0.1, 0.15) is 0 Å². The lowest BCUT2D eigenvalue weighted by atomic mass is 10.1. The number of nitro groups is 1. The molecule has 0 fully saturated rings. The van der Waals surface area contributed by atoms with E-state index in [9.17, 15) is 18.9 Å². The summed E-state index contributed by atoms with van der Waals surface area (Å²) >= 11 is 0. The molecule has 21 heavy (non-hydrogen) atoms. The number of para-hydroxylation sites is 1. The summed E-state index contributed by atoms with van der Waals surface area (Å²) in [5, 5.41) is 10.5. The highest BCUT2D eigenvalue weighted by atomic mass is 19.1. The standard InChI is InChI=1S/C14H12F2N2O3/c1-8(17)10-3-2-4-11(15)14(10)21-13-6-5-9(18(19)20)7-12(13)16/h2-8H,17H2,1H3. The lowest BCUT2D eigenvalue weighted by Gasteiger charge is -2.14. The van der Waals surface area contributed by atoms with Crippen LogP contribution in [0.2, 0.25) is 0 Å². The molecule has 0 aliphatic carbocycles. The van der Waals surface area contributed by atoms with Gasteiger partial charge in [-0.25, -0.2) is 8.78 Å². The number of nitro benzene ring substituents is 1. The summed E-state index contributed by atoms with van der Waals surface area (Å²) in [7, 11) is 0. The molecule has 110 valence electrons. The second kappa shape index (κ2) is 5.84. The van der Waals surface area contributed by atoms with Crippen LogP contribution in [0.1, 0.15) is 18.5 Å². The predicted molar refractivity (Wildman–Crippen MR) is 72.1 cm³/mol. The third-order valence-electron chi connectivity index (χ3n) is 2.83. The number of benzene rings is 2. The van der Waals surface area contributed by atoms with Crippen molar-refractivity contribution in [1.29, 1.82) is 0 Å². The van der Waals surface area contributed by atoms with E-state index in [0.717, 1.165) is 18.2 Å². The van der Waals surface area contributed by atoms with Gasteiger partial charge in [0, 0.05) is 17.7 Å². The van der Waals surface area contributed by atoms with E-state index in [1.54, 1.807) is 13.0 Å². The maximum Gasteiger partial charge on any atom is 0.272 e. The number of hydrogen-bond acceptors (Lipinski definition) is 4. The van der Waals surface area contributed by atoms with Gasteiger partial charge >= 0.3 is 0 Å². The molecular weight excluding hydrogens is 282 g/mol. The third kappa shape index (κ3) is 3.14. The second-order valence-electron chi connectivity index (χ2n) is 4.42. The molecule has 0 aromatic heterocycles. The van der Waals surface area contributed by atoms with Crippen molar-refractivity contribution in [2.24, 2.45) is 5.73 Å². The Balaban J connectivity index is 2.41. The number of hydrogen-bond donors (Lipinski definition) is 1. The first-order valence-electron chi connectivity index (χ1n) is 6.06. The van der Waals surface area contributed by atoms with E-state index in [1.807, 2.05) is 0 Å². The minimum atomic E-state index is -0.955. The van der Waals surface area contributed by atoms with Gasteiger partial charge < -0.3 is 10.5 Å². The van der Waals surface area contributed by atoms with E-state index < -0.39 is 28.3 Å². The van der Waals surface area contributed by atoms with Crippen LogP contribution < -0.4 is 10.5 Å². The molecule has 2 rings (SSSR count). The minimum absolute atomic E-state index is 0.194. The fraction of sp³-hybridized carbons (Fsp3) is 0.143. The molecule has 0 aliphatic heterocycles. The van der Waals surface area contributed by atoms with Crippen molar-refractivity contribution in [2.45, 2.75) is 13.0 Å². The van der Waals surface area contributed by atoms with E-state index in [0.29, 0.717) is 11.6 Å². The fourth-order valence-corrected chi connectivity index (χ4v) is 1.79. The molecule has 0 amide bonds. The largest absolute Gasteiger partial charge is 0.451 e. The number of rotatable bonds is 4. The summed E-state index contributed by atoms with van der Waals surface area (Å²) in [6.45, 7) is 1.63. The van der Waals surface area contributed by atoms with E-state index in [2.05, 4.69) is 0 Å². The Labute approximate surface area is 119 Å². The maximum atomic E-state index is 13.8. The zero-order valence-electron chi connectivity index (χ0n) is 11.0. The van der Waals surface area contributed by atoms with E-state index in [1.165, 1.54) is 6.07 Å².